The number of carbonyl (C=O) groups is 1. The lowest BCUT2D eigenvalue weighted by molar-refractivity contribution is 0.0429. The maximum absolute atomic E-state index is 12.9. The number of carbonyl (C=O) groups excluding carboxylic acids is 1. The van der Waals surface area contributed by atoms with Crippen LogP contribution in [0.15, 0.2) is 47.0 Å². The molecule has 0 fully saturated rings. The molecule has 0 atom stereocenters. The average molecular weight is 326 g/mol. The van der Waals surface area contributed by atoms with Gasteiger partial charge >= 0.3 is 5.97 Å². The Bertz CT molecular complexity index is 872. The molecule has 0 aliphatic rings. The van der Waals surface area contributed by atoms with Gasteiger partial charge in [0.2, 0.25) is 5.82 Å². The predicted molar refractivity (Wildman–Crippen MR) is 84.7 cm³/mol. The molecule has 0 aliphatic carbocycles. The SMILES string of the molecule is Cc1cccc(C(=O)OCc2nc(-c3ccc(F)cc3)no2)c1C. The van der Waals surface area contributed by atoms with Gasteiger partial charge in [-0.25, -0.2) is 9.18 Å². The lowest BCUT2D eigenvalue weighted by atomic mass is 10.0. The Balaban J connectivity index is 1.68. The van der Waals surface area contributed by atoms with Crippen molar-refractivity contribution < 1.29 is 18.4 Å². The first-order chi connectivity index (χ1) is 11.5. The van der Waals surface area contributed by atoms with Gasteiger partial charge in [0.05, 0.1) is 5.56 Å². The van der Waals surface area contributed by atoms with E-state index in [1.165, 1.54) is 12.1 Å². The van der Waals surface area contributed by atoms with E-state index in [1.807, 2.05) is 19.9 Å². The summed E-state index contributed by atoms with van der Waals surface area (Å²) < 4.78 is 23.2. The molecule has 1 heterocycles. The average Bonchev–Trinajstić information content (AvgIpc) is 3.05. The second-order valence-electron chi connectivity index (χ2n) is 5.34. The number of hydrogen-bond acceptors (Lipinski definition) is 5. The topological polar surface area (TPSA) is 65.2 Å². The van der Waals surface area contributed by atoms with Crippen molar-refractivity contribution in [3.8, 4) is 11.4 Å². The summed E-state index contributed by atoms with van der Waals surface area (Å²) in [6.45, 7) is 3.67. The molecule has 0 saturated heterocycles. The monoisotopic (exact) mass is 326 g/mol. The van der Waals surface area contributed by atoms with E-state index >= 15 is 0 Å². The second kappa shape index (κ2) is 6.62. The molecule has 0 N–H and O–H groups in total. The summed E-state index contributed by atoms with van der Waals surface area (Å²) in [5, 5.41) is 3.80. The molecule has 3 aromatic rings. The number of aryl methyl sites for hydroxylation is 1. The minimum absolute atomic E-state index is 0.125. The summed E-state index contributed by atoms with van der Waals surface area (Å²) in [6.07, 6.45) is 0. The Morgan fingerprint density at radius 2 is 1.92 bits per heavy atom. The molecule has 6 heteroatoms. The van der Waals surface area contributed by atoms with E-state index in [-0.39, 0.29) is 18.3 Å². The van der Waals surface area contributed by atoms with E-state index in [0.717, 1.165) is 11.1 Å². The van der Waals surface area contributed by atoms with E-state index in [0.29, 0.717) is 17.0 Å². The molecule has 0 bridgehead atoms. The van der Waals surface area contributed by atoms with Gasteiger partial charge in [0.25, 0.3) is 5.89 Å². The van der Waals surface area contributed by atoms with Crippen molar-refractivity contribution in [2.45, 2.75) is 20.5 Å². The third-order valence-corrected chi connectivity index (χ3v) is 3.72. The Labute approximate surface area is 138 Å². The highest BCUT2D eigenvalue weighted by atomic mass is 19.1. The Kier molecular flexibility index (Phi) is 4.37. The largest absolute Gasteiger partial charge is 0.452 e. The fourth-order valence-electron chi connectivity index (χ4n) is 2.21. The van der Waals surface area contributed by atoms with Gasteiger partial charge in [0, 0.05) is 5.56 Å². The number of hydrogen-bond donors (Lipinski definition) is 0. The number of aromatic nitrogens is 2. The van der Waals surface area contributed by atoms with E-state index < -0.39 is 5.97 Å². The van der Waals surface area contributed by atoms with Gasteiger partial charge in [0.15, 0.2) is 6.61 Å². The van der Waals surface area contributed by atoms with Crippen molar-refractivity contribution in [3.05, 3.63) is 70.9 Å². The van der Waals surface area contributed by atoms with Gasteiger partial charge in [-0.05, 0) is 55.3 Å². The highest BCUT2D eigenvalue weighted by molar-refractivity contribution is 5.91. The molecule has 122 valence electrons. The van der Waals surface area contributed by atoms with Gasteiger partial charge in [-0.2, -0.15) is 4.98 Å². The van der Waals surface area contributed by atoms with Crippen LogP contribution in [0.4, 0.5) is 4.39 Å². The quantitative estimate of drug-likeness (QED) is 0.681. The molecule has 0 unspecified atom stereocenters. The number of halogens is 1. The minimum Gasteiger partial charge on any atom is -0.452 e. The molecule has 1 aromatic heterocycles. The highest BCUT2D eigenvalue weighted by Gasteiger charge is 2.14. The van der Waals surface area contributed by atoms with Crippen molar-refractivity contribution in [1.29, 1.82) is 0 Å². The molecule has 0 saturated carbocycles. The fraction of sp³-hybridized carbons (Fsp3) is 0.167. The molecule has 3 rings (SSSR count). The van der Waals surface area contributed by atoms with E-state index in [1.54, 1.807) is 24.3 Å². The summed E-state index contributed by atoms with van der Waals surface area (Å²) in [7, 11) is 0. The number of ether oxygens (including phenoxy) is 1. The molecule has 0 amide bonds. The van der Waals surface area contributed by atoms with Gasteiger partial charge < -0.3 is 9.26 Å². The van der Waals surface area contributed by atoms with Crippen molar-refractivity contribution in [2.24, 2.45) is 0 Å². The smallest absolute Gasteiger partial charge is 0.338 e. The molecular formula is C18H15FN2O3. The van der Waals surface area contributed by atoms with Crippen LogP contribution < -0.4 is 0 Å². The summed E-state index contributed by atoms with van der Waals surface area (Å²) in [5.41, 5.74) is 3.02. The minimum atomic E-state index is -0.447. The zero-order valence-electron chi connectivity index (χ0n) is 13.2. The second-order valence-corrected chi connectivity index (χ2v) is 5.34. The predicted octanol–water partition coefficient (Wildman–Crippen LogP) is 3.85. The van der Waals surface area contributed by atoms with Crippen LogP contribution in [0.1, 0.15) is 27.4 Å². The number of rotatable bonds is 4. The standard InChI is InChI=1S/C18H15FN2O3/c1-11-4-3-5-15(12(11)2)18(22)23-10-16-20-17(21-24-16)13-6-8-14(19)9-7-13/h3-9H,10H2,1-2H3. The van der Waals surface area contributed by atoms with Crippen molar-refractivity contribution in [2.75, 3.05) is 0 Å². The Morgan fingerprint density at radius 1 is 1.17 bits per heavy atom. The van der Waals surface area contributed by atoms with Crippen molar-refractivity contribution in [3.63, 3.8) is 0 Å². The molecular weight excluding hydrogens is 311 g/mol. The number of esters is 1. The van der Waals surface area contributed by atoms with Crippen LogP contribution in [-0.4, -0.2) is 16.1 Å². The van der Waals surface area contributed by atoms with Crippen LogP contribution in [0.3, 0.4) is 0 Å². The van der Waals surface area contributed by atoms with E-state index in [2.05, 4.69) is 10.1 Å². The van der Waals surface area contributed by atoms with Crippen LogP contribution in [0.25, 0.3) is 11.4 Å². The van der Waals surface area contributed by atoms with Crippen LogP contribution in [0, 0.1) is 19.7 Å². The molecule has 0 radical (unpaired) electrons. The fourth-order valence-corrected chi connectivity index (χ4v) is 2.21. The van der Waals surface area contributed by atoms with Crippen molar-refractivity contribution in [1.82, 2.24) is 10.1 Å². The number of nitrogens with zero attached hydrogens (tertiary/aromatic N) is 2. The number of benzene rings is 2. The third kappa shape index (κ3) is 3.32. The van der Waals surface area contributed by atoms with E-state index in [9.17, 15) is 9.18 Å². The first-order valence-electron chi connectivity index (χ1n) is 7.36. The zero-order valence-corrected chi connectivity index (χ0v) is 13.2. The van der Waals surface area contributed by atoms with Gasteiger partial charge in [-0.1, -0.05) is 17.3 Å². The molecule has 0 aliphatic heterocycles. The highest BCUT2D eigenvalue weighted by Crippen LogP contribution is 2.17. The van der Waals surface area contributed by atoms with Crippen LogP contribution in [0.5, 0.6) is 0 Å². The van der Waals surface area contributed by atoms with Crippen LogP contribution >= 0.6 is 0 Å². The summed E-state index contributed by atoms with van der Waals surface area (Å²) >= 11 is 0. The molecule has 2 aromatic carbocycles. The Morgan fingerprint density at radius 3 is 2.67 bits per heavy atom. The summed E-state index contributed by atoms with van der Waals surface area (Å²) in [5.74, 6) is -0.302. The zero-order chi connectivity index (χ0) is 17.1. The van der Waals surface area contributed by atoms with Crippen LogP contribution in [-0.2, 0) is 11.3 Å². The first-order valence-corrected chi connectivity index (χ1v) is 7.36. The van der Waals surface area contributed by atoms with E-state index in [4.69, 9.17) is 9.26 Å². The lowest BCUT2D eigenvalue weighted by Gasteiger charge is -2.07. The summed E-state index contributed by atoms with van der Waals surface area (Å²) in [6, 6.07) is 11.2. The molecule has 5 nitrogen and oxygen atoms in total. The van der Waals surface area contributed by atoms with Crippen LogP contribution in [0.2, 0.25) is 0 Å². The maximum Gasteiger partial charge on any atom is 0.338 e. The third-order valence-electron chi connectivity index (χ3n) is 3.72. The van der Waals surface area contributed by atoms with Gasteiger partial charge in [0.1, 0.15) is 5.82 Å². The molecule has 0 spiro atoms. The molecule has 24 heavy (non-hydrogen) atoms. The normalized spacial score (nSPS) is 10.6. The van der Waals surface area contributed by atoms with Gasteiger partial charge in [-0.15, -0.1) is 0 Å². The Hall–Kier alpha value is -3.02. The first kappa shape index (κ1) is 15.9. The maximum atomic E-state index is 12.9. The van der Waals surface area contributed by atoms with Gasteiger partial charge in [-0.3, -0.25) is 0 Å². The summed E-state index contributed by atoms with van der Waals surface area (Å²) in [4.78, 5) is 16.3. The lowest BCUT2D eigenvalue weighted by Crippen LogP contribution is -2.08. The van der Waals surface area contributed by atoms with Crippen molar-refractivity contribution >= 4 is 5.97 Å².